The van der Waals surface area contributed by atoms with Crippen LogP contribution in [0.2, 0.25) is 0 Å². The van der Waals surface area contributed by atoms with Gasteiger partial charge < -0.3 is 26.2 Å². The molecule has 3 aromatic rings. The van der Waals surface area contributed by atoms with Gasteiger partial charge in [-0.1, -0.05) is 24.6 Å². The molecule has 3 amide bonds. The third-order valence-corrected chi connectivity index (χ3v) is 6.26. The van der Waals surface area contributed by atoms with Crippen LogP contribution in [-0.4, -0.2) is 59.5 Å². The van der Waals surface area contributed by atoms with E-state index in [1.807, 2.05) is 55.5 Å². The van der Waals surface area contributed by atoms with Crippen LogP contribution in [0, 0.1) is 0 Å². The molecule has 0 aliphatic carbocycles. The van der Waals surface area contributed by atoms with Crippen LogP contribution in [0.3, 0.4) is 0 Å². The maximum atomic E-state index is 12.9. The molecule has 9 nitrogen and oxygen atoms in total. The highest BCUT2D eigenvalue weighted by Gasteiger charge is 2.15. The molecule has 3 heterocycles. The number of pyridine rings is 2. The van der Waals surface area contributed by atoms with E-state index in [-0.39, 0.29) is 11.9 Å². The van der Waals surface area contributed by atoms with Gasteiger partial charge in [-0.3, -0.25) is 9.78 Å². The third kappa shape index (κ3) is 7.75. The van der Waals surface area contributed by atoms with Crippen LogP contribution in [0.15, 0.2) is 60.9 Å². The molecule has 0 unspecified atom stereocenters. The Labute approximate surface area is 218 Å². The predicted molar refractivity (Wildman–Crippen MR) is 147 cm³/mol. The number of urea groups is 1. The van der Waals surface area contributed by atoms with E-state index >= 15 is 0 Å². The molecule has 9 heteroatoms. The van der Waals surface area contributed by atoms with Crippen LogP contribution in [0.5, 0.6) is 0 Å². The molecular weight excluding hydrogens is 466 g/mol. The average Bonchev–Trinajstić information content (AvgIpc) is 2.93. The third-order valence-electron chi connectivity index (χ3n) is 6.26. The van der Waals surface area contributed by atoms with Gasteiger partial charge in [-0.25, -0.2) is 9.78 Å². The number of hydrogen-bond donors (Lipinski definition) is 4. The van der Waals surface area contributed by atoms with E-state index in [4.69, 9.17) is 4.98 Å². The smallest absolute Gasteiger partial charge is 0.319 e. The Kier molecular flexibility index (Phi) is 9.42. The number of rotatable bonds is 10. The standard InChI is InChI=1S/C28H35N7O2/c1-2-30-26-24(27(36)31-15-18-35-16-4-3-5-17-35)12-13-25(34-26)22-8-10-23(11-9-22)33-28(37)32-20-21-7-6-14-29-19-21/h6-14,19H,2-5,15-18,20H2,1H3,(H,30,34)(H,31,36)(H2,32,33,37). The lowest BCUT2D eigenvalue weighted by atomic mass is 10.1. The Bertz CT molecular complexity index is 1160. The normalized spacial score (nSPS) is 13.5. The van der Waals surface area contributed by atoms with E-state index in [1.54, 1.807) is 12.4 Å². The van der Waals surface area contributed by atoms with Gasteiger partial charge in [-0.15, -0.1) is 0 Å². The van der Waals surface area contributed by atoms with Crippen LogP contribution >= 0.6 is 0 Å². The van der Waals surface area contributed by atoms with Crippen LogP contribution in [-0.2, 0) is 6.54 Å². The van der Waals surface area contributed by atoms with Crippen molar-refractivity contribution in [1.29, 1.82) is 0 Å². The number of carbonyl (C=O) groups excluding carboxylic acids is 2. The van der Waals surface area contributed by atoms with Gasteiger partial charge in [0.1, 0.15) is 5.82 Å². The SMILES string of the molecule is CCNc1nc(-c2ccc(NC(=O)NCc3cccnc3)cc2)ccc1C(=O)NCCN1CCCCC1. The Morgan fingerprint density at radius 2 is 1.78 bits per heavy atom. The van der Waals surface area contributed by atoms with Crippen LogP contribution < -0.4 is 21.3 Å². The lowest BCUT2D eigenvalue weighted by Gasteiger charge is -2.26. The molecule has 194 valence electrons. The van der Waals surface area contributed by atoms with Crippen molar-refractivity contribution >= 4 is 23.4 Å². The zero-order valence-electron chi connectivity index (χ0n) is 21.3. The number of nitrogens with one attached hydrogen (secondary N) is 4. The number of hydrogen-bond acceptors (Lipinski definition) is 6. The van der Waals surface area contributed by atoms with Gasteiger partial charge in [0.15, 0.2) is 0 Å². The van der Waals surface area contributed by atoms with Crippen molar-refractivity contribution in [3.05, 3.63) is 72.1 Å². The minimum absolute atomic E-state index is 0.121. The van der Waals surface area contributed by atoms with Gasteiger partial charge in [-0.2, -0.15) is 0 Å². The fourth-order valence-electron chi connectivity index (χ4n) is 4.30. The van der Waals surface area contributed by atoms with Gasteiger partial charge in [0.2, 0.25) is 0 Å². The molecule has 1 aromatic carbocycles. The first-order valence-electron chi connectivity index (χ1n) is 12.9. The fourth-order valence-corrected chi connectivity index (χ4v) is 4.30. The molecule has 37 heavy (non-hydrogen) atoms. The summed E-state index contributed by atoms with van der Waals surface area (Å²) in [5, 5.41) is 11.9. The molecule has 1 fully saturated rings. The van der Waals surface area contributed by atoms with Crippen molar-refractivity contribution < 1.29 is 9.59 Å². The van der Waals surface area contributed by atoms with Gasteiger partial charge in [0.25, 0.3) is 5.91 Å². The molecule has 4 rings (SSSR count). The Balaban J connectivity index is 1.34. The van der Waals surface area contributed by atoms with Crippen molar-refractivity contribution in [2.75, 3.05) is 43.4 Å². The second-order valence-corrected chi connectivity index (χ2v) is 9.03. The molecular formula is C28H35N7O2. The molecule has 0 atom stereocenters. The number of likely N-dealkylation sites (tertiary alicyclic amines) is 1. The number of amides is 3. The van der Waals surface area contributed by atoms with E-state index in [9.17, 15) is 9.59 Å². The molecule has 4 N–H and O–H groups in total. The van der Waals surface area contributed by atoms with Crippen molar-refractivity contribution in [3.8, 4) is 11.3 Å². The van der Waals surface area contributed by atoms with Crippen LogP contribution in [0.1, 0.15) is 42.1 Å². The molecule has 0 radical (unpaired) electrons. The Morgan fingerprint density at radius 1 is 0.973 bits per heavy atom. The van der Waals surface area contributed by atoms with Crippen LogP contribution in [0.25, 0.3) is 11.3 Å². The number of anilines is 2. The Morgan fingerprint density at radius 3 is 2.51 bits per heavy atom. The lowest BCUT2D eigenvalue weighted by molar-refractivity contribution is 0.0947. The summed E-state index contributed by atoms with van der Waals surface area (Å²) >= 11 is 0. The average molecular weight is 502 g/mol. The van der Waals surface area contributed by atoms with Gasteiger partial charge >= 0.3 is 6.03 Å². The quantitative estimate of drug-likeness (QED) is 0.333. The summed E-state index contributed by atoms with van der Waals surface area (Å²) in [6, 6.07) is 14.6. The summed E-state index contributed by atoms with van der Waals surface area (Å²) in [5.74, 6) is 0.441. The molecule has 0 bridgehead atoms. The van der Waals surface area contributed by atoms with Crippen molar-refractivity contribution in [1.82, 2.24) is 25.5 Å². The summed E-state index contributed by atoms with van der Waals surface area (Å²) in [5.41, 5.74) is 3.76. The zero-order valence-corrected chi connectivity index (χ0v) is 21.3. The first-order chi connectivity index (χ1) is 18.1. The number of carbonyl (C=O) groups is 2. The molecule has 1 aliphatic rings. The Hall–Kier alpha value is -3.98. The van der Waals surface area contributed by atoms with Crippen molar-refractivity contribution in [3.63, 3.8) is 0 Å². The first-order valence-corrected chi connectivity index (χ1v) is 12.9. The highest BCUT2D eigenvalue weighted by molar-refractivity contribution is 5.99. The highest BCUT2D eigenvalue weighted by atomic mass is 16.2. The van der Waals surface area contributed by atoms with Gasteiger partial charge in [-0.05, 0) is 68.8 Å². The first kappa shape index (κ1) is 26.1. The summed E-state index contributed by atoms with van der Waals surface area (Å²) in [7, 11) is 0. The minimum Gasteiger partial charge on any atom is -0.370 e. The number of piperidine rings is 1. The maximum Gasteiger partial charge on any atom is 0.319 e. The van der Waals surface area contributed by atoms with Crippen molar-refractivity contribution in [2.45, 2.75) is 32.7 Å². The van der Waals surface area contributed by atoms with E-state index in [2.05, 4.69) is 31.2 Å². The number of aromatic nitrogens is 2. The zero-order chi connectivity index (χ0) is 25.9. The highest BCUT2D eigenvalue weighted by Crippen LogP contribution is 2.23. The number of benzene rings is 1. The molecule has 0 saturated carbocycles. The summed E-state index contributed by atoms with van der Waals surface area (Å²) in [4.78, 5) is 36.2. The molecule has 0 spiro atoms. The molecule has 1 saturated heterocycles. The summed E-state index contributed by atoms with van der Waals surface area (Å²) in [6.45, 7) is 6.74. The summed E-state index contributed by atoms with van der Waals surface area (Å²) < 4.78 is 0. The molecule has 2 aromatic heterocycles. The van der Waals surface area contributed by atoms with Gasteiger partial charge in [0.05, 0.1) is 11.3 Å². The van der Waals surface area contributed by atoms with E-state index in [0.717, 1.165) is 36.5 Å². The monoisotopic (exact) mass is 501 g/mol. The van der Waals surface area contributed by atoms with E-state index < -0.39 is 0 Å². The van der Waals surface area contributed by atoms with E-state index in [1.165, 1.54) is 19.3 Å². The fraction of sp³-hybridized carbons (Fsp3) is 0.357. The van der Waals surface area contributed by atoms with Crippen molar-refractivity contribution in [2.24, 2.45) is 0 Å². The minimum atomic E-state index is -0.292. The van der Waals surface area contributed by atoms with E-state index in [0.29, 0.717) is 36.7 Å². The second-order valence-electron chi connectivity index (χ2n) is 9.03. The maximum absolute atomic E-state index is 12.9. The topological polar surface area (TPSA) is 111 Å². The van der Waals surface area contributed by atoms with Gasteiger partial charge in [0, 0.05) is 49.8 Å². The number of nitrogens with zero attached hydrogens (tertiary/aromatic N) is 3. The second kappa shape index (κ2) is 13.4. The largest absolute Gasteiger partial charge is 0.370 e. The summed E-state index contributed by atoms with van der Waals surface area (Å²) in [6.07, 6.45) is 7.18. The molecule has 1 aliphatic heterocycles. The van der Waals surface area contributed by atoms with Crippen LogP contribution in [0.4, 0.5) is 16.3 Å². The predicted octanol–water partition coefficient (Wildman–Crippen LogP) is 4.11. The lowest BCUT2D eigenvalue weighted by Crippen LogP contribution is -2.37.